The summed E-state index contributed by atoms with van der Waals surface area (Å²) in [5, 5.41) is 16.8. The molecule has 0 spiro atoms. The normalized spacial score (nSPS) is 21.0. The van der Waals surface area contributed by atoms with Crippen molar-refractivity contribution < 1.29 is 9.47 Å². The number of piperidine rings is 1. The average Bonchev–Trinajstić information content (AvgIpc) is 3.23. The zero-order valence-electron chi connectivity index (χ0n) is 16.8. The van der Waals surface area contributed by atoms with Crippen LogP contribution in [-0.2, 0) is 11.3 Å². The lowest BCUT2D eigenvalue weighted by atomic mass is 9.92. The van der Waals surface area contributed by atoms with Gasteiger partial charge in [-0.25, -0.2) is 0 Å². The molecule has 154 valence electrons. The standard InChI is InChI=1S/C22H29N5O2/c23-14-18-4-1-2-6-21(18)29-13-10-26-7-3-5-19(16-26)22-20(15-24-25-22)17-27-8-11-28-12-9-27/h1-2,4,6,15,19H,3,5,7-13,16-17H2,(H,24,25). The van der Waals surface area contributed by atoms with Gasteiger partial charge in [-0.05, 0) is 31.5 Å². The maximum Gasteiger partial charge on any atom is 0.137 e. The Morgan fingerprint density at radius 3 is 2.93 bits per heavy atom. The average molecular weight is 396 g/mol. The van der Waals surface area contributed by atoms with Gasteiger partial charge in [0.1, 0.15) is 18.4 Å². The monoisotopic (exact) mass is 395 g/mol. The lowest BCUT2D eigenvalue weighted by Gasteiger charge is -2.33. The quantitative estimate of drug-likeness (QED) is 0.776. The molecular weight excluding hydrogens is 366 g/mol. The van der Waals surface area contributed by atoms with Crippen molar-refractivity contribution in [2.24, 2.45) is 0 Å². The molecule has 1 N–H and O–H groups in total. The van der Waals surface area contributed by atoms with Crippen LogP contribution in [0, 0.1) is 11.3 Å². The lowest BCUT2D eigenvalue weighted by Crippen LogP contribution is -2.38. The molecule has 0 aliphatic carbocycles. The van der Waals surface area contributed by atoms with Crippen LogP contribution in [-0.4, -0.2) is 72.5 Å². The van der Waals surface area contributed by atoms with Gasteiger partial charge in [0.15, 0.2) is 0 Å². The SMILES string of the molecule is N#Cc1ccccc1OCCN1CCCC(c2[nH]ncc2CN2CCOCC2)C1. The molecule has 7 nitrogen and oxygen atoms in total. The Labute approximate surface area is 172 Å². The Morgan fingerprint density at radius 1 is 1.21 bits per heavy atom. The highest BCUT2D eigenvalue weighted by Gasteiger charge is 2.25. The molecule has 0 amide bonds. The van der Waals surface area contributed by atoms with E-state index in [0.717, 1.165) is 52.5 Å². The van der Waals surface area contributed by atoms with Crippen LogP contribution in [0.2, 0.25) is 0 Å². The fourth-order valence-electron chi connectivity index (χ4n) is 4.26. The van der Waals surface area contributed by atoms with Gasteiger partial charge in [-0.15, -0.1) is 0 Å². The maximum absolute atomic E-state index is 9.19. The second-order valence-electron chi connectivity index (χ2n) is 7.79. The number of rotatable bonds is 7. The number of ether oxygens (including phenoxy) is 2. The Hall–Kier alpha value is -2.40. The van der Waals surface area contributed by atoms with Crippen LogP contribution in [0.4, 0.5) is 0 Å². The molecule has 0 saturated carbocycles. The molecular formula is C22H29N5O2. The fraction of sp³-hybridized carbons (Fsp3) is 0.545. The molecule has 2 aliphatic rings. The zero-order valence-corrected chi connectivity index (χ0v) is 16.8. The molecule has 2 aromatic rings. The van der Waals surface area contributed by atoms with E-state index in [1.165, 1.54) is 24.1 Å². The highest BCUT2D eigenvalue weighted by atomic mass is 16.5. The molecule has 29 heavy (non-hydrogen) atoms. The van der Waals surface area contributed by atoms with Crippen molar-refractivity contribution in [2.75, 3.05) is 52.5 Å². The number of likely N-dealkylation sites (tertiary alicyclic amines) is 1. The highest BCUT2D eigenvalue weighted by molar-refractivity contribution is 5.42. The molecule has 2 saturated heterocycles. The van der Waals surface area contributed by atoms with Crippen LogP contribution in [0.15, 0.2) is 30.5 Å². The predicted octanol–water partition coefficient (Wildman–Crippen LogP) is 2.37. The number of hydrogen-bond donors (Lipinski definition) is 1. The third kappa shape index (κ3) is 5.15. The number of hydrogen-bond acceptors (Lipinski definition) is 6. The van der Waals surface area contributed by atoms with Crippen molar-refractivity contribution in [3.05, 3.63) is 47.3 Å². The van der Waals surface area contributed by atoms with Crippen molar-refractivity contribution in [1.29, 1.82) is 5.26 Å². The largest absolute Gasteiger partial charge is 0.491 e. The summed E-state index contributed by atoms with van der Waals surface area (Å²) < 4.78 is 11.3. The van der Waals surface area contributed by atoms with Gasteiger partial charge in [0.25, 0.3) is 0 Å². The van der Waals surface area contributed by atoms with E-state index in [1.807, 2.05) is 24.4 Å². The molecule has 7 heteroatoms. The Balaban J connectivity index is 1.31. The number of aromatic amines is 1. The van der Waals surface area contributed by atoms with E-state index in [2.05, 4.69) is 26.1 Å². The van der Waals surface area contributed by atoms with Crippen LogP contribution in [0.1, 0.15) is 35.6 Å². The molecule has 0 radical (unpaired) electrons. The van der Waals surface area contributed by atoms with Crippen molar-refractivity contribution in [3.8, 4) is 11.8 Å². The molecule has 4 rings (SSSR count). The van der Waals surface area contributed by atoms with Gasteiger partial charge >= 0.3 is 0 Å². The predicted molar refractivity (Wildman–Crippen MR) is 110 cm³/mol. The molecule has 1 aromatic heterocycles. The second kappa shape index (κ2) is 9.88. The number of benzene rings is 1. The van der Waals surface area contributed by atoms with Crippen molar-refractivity contribution in [1.82, 2.24) is 20.0 Å². The van der Waals surface area contributed by atoms with Crippen molar-refractivity contribution in [3.63, 3.8) is 0 Å². The summed E-state index contributed by atoms with van der Waals surface area (Å²) in [7, 11) is 0. The van der Waals surface area contributed by atoms with E-state index in [0.29, 0.717) is 23.8 Å². The van der Waals surface area contributed by atoms with E-state index in [-0.39, 0.29) is 0 Å². The summed E-state index contributed by atoms with van der Waals surface area (Å²) in [6.07, 6.45) is 4.36. The molecule has 3 heterocycles. The third-order valence-corrected chi connectivity index (χ3v) is 5.84. The number of nitriles is 1. The first-order valence-corrected chi connectivity index (χ1v) is 10.5. The van der Waals surface area contributed by atoms with Crippen LogP contribution in [0.25, 0.3) is 0 Å². The van der Waals surface area contributed by atoms with E-state index in [9.17, 15) is 5.26 Å². The maximum atomic E-state index is 9.19. The summed E-state index contributed by atoms with van der Waals surface area (Å²) in [5.41, 5.74) is 3.20. The molecule has 1 atom stereocenters. The molecule has 2 fully saturated rings. The van der Waals surface area contributed by atoms with E-state index >= 15 is 0 Å². The van der Waals surface area contributed by atoms with E-state index in [1.54, 1.807) is 6.07 Å². The Kier molecular flexibility index (Phi) is 6.78. The Bertz CT molecular complexity index is 825. The summed E-state index contributed by atoms with van der Waals surface area (Å²) in [5.74, 6) is 1.15. The molecule has 0 bridgehead atoms. The number of nitrogens with zero attached hydrogens (tertiary/aromatic N) is 4. The highest BCUT2D eigenvalue weighted by Crippen LogP contribution is 2.28. The Morgan fingerprint density at radius 2 is 2.07 bits per heavy atom. The minimum atomic E-state index is 0.480. The van der Waals surface area contributed by atoms with Gasteiger partial charge in [-0.3, -0.25) is 14.9 Å². The lowest BCUT2D eigenvalue weighted by molar-refractivity contribution is 0.0339. The third-order valence-electron chi connectivity index (χ3n) is 5.84. The molecule has 1 unspecified atom stereocenters. The van der Waals surface area contributed by atoms with Gasteiger partial charge in [-0.2, -0.15) is 10.4 Å². The summed E-state index contributed by atoms with van der Waals surface area (Å²) in [4.78, 5) is 4.90. The van der Waals surface area contributed by atoms with Gasteiger partial charge in [0, 0.05) is 49.9 Å². The fourth-order valence-corrected chi connectivity index (χ4v) is 4.26. The second-order valence-corrected chi connectivity index (χ2v) is 7.79. The minimum absolute atomic E-state index is 0.480. The van der Waals surface area contributed by atoms with Crippen LogP contribution >= 0.6 is 0 Å². The van der Waals surface area contributed by atoms with Crippen molar-refractivity contribution >= 4 is 0 Å². The van der Waals surface area contributed by atoms with Crippen LogP contribution < -0.4 is 4.74 Å². The van der Waals surface area contributed by atoms with Gasteiger partial charge in [-0.1, -0.05) is 12.1 Å². The first-order valence-electron chi connectivity index (χ1n) is 10.5. The number of aromatic nitrogens is 2. The smallest absolute Gasteiger partial charge is 0.137 e. The first-order chi connectivity index (χ1) is 14.3. The van der Waals surface area contributed by atoms with E-state index in [4.69, 9.17) is 9.47 Å². The minimum Gasteiger partial charge on any atom is -0.491 e. The zero-order chi connectivity index (χ0) is 19.9. The summed E-state index contributed by atoms with van der Waals surface area (Å²) in [6.45, 7) is 8.12. The van der Waals surface area contributed by atoms with Gasteiger partial charge in [0.05, 0.1) is 25.0 Å². The number of morpholine rings is 1. The summed E-state index contributed by atoms with van der Waals surface area (Å²) in [6, 6.07) is 9.61. The van der Waals surface area contributed by atoms with Gasteiger partial charge in [0.2, 0.25) is 0 Å². The summed E-state index contributed by atoms with van der Waals surface area (Å²) >= 11 is 0. The molecule has 2 aliphatic heterocycles. The van der Waals surface area contributed by atoms with E-state index < -0.39 is 0 Å². The van der Waals surface area contributed by atoms with Crippen molar-refractivity contribution in [2.45, 2.75) is 25.3 Å². The van der Waals surface area contributed by atoms with Crippen LogP contribution in [0.3, 0.4) is 0 Å². The number of para-hydroxylation sites is 1. The molecule has 1 aromatic carbocycles. The van der Waals surface area contributed by atoms with Crippen LogP contribution in [0.5, 0.6) is 5.75 Å². The first kappa shape index (κ1) is 19.9. The van der Waals surface area contributed by atoms with Gasteiger partial charge < -0.3 is 9.47 Å². The topological polar surface area (TPSA) is 77.4 Å². The number of nitrogens with one attached hydrogen (secondary N) is 1. The number of H-pyrrole nitrogens is 1.